The largest absolute Gasteiger partial charge is 0.378 e. The third-order valence-electron chi connectivity index (χ3n) is 5.50. The zero-order valence-corrected chi connectivity index (χ0v) is 18.3. The maximum atomic E-state index is 5.44. The van der Waals surface area contributed by atoms with E-state index < -0.39 is 0 Å². The van der Waals surface area contributed by atoms with Gasteiger partial charge in [-0.2, -0.15) is 0 Å². The quantitative estimate of drug-likeness (QED) is 0.498. The Balaban J connectivity index is 1.49. The Labute approximate surface area is 186 Å². The minimum absolute atomic E-state index is 0.232. The molecule has 0 atom stereocenters. The predicted molar refractivity (Wildman–Crippen MR) is 124 cm³/mol. The number of ether oxygens (including phenoxy) is 1. The smallest absolute Gasteiger partial charge is 0.166 e. The van der Waals surface area contributed by atoms with Crippen LogP contribution in [-0.2, 0) is 11.3 Å². The van der Waals surface area contributed by atoms with Crippen molar-refractivity contribution in [1.82, 2.24) is 29.5 Å². The number of hydrogen-bond acceptors (Lipinski definition) is 8. The second-order valence-corrected chi connectivity index (χ2v) is 8.03. The molecule has 0 aliphatic carbocycles. The molecule has 0 bridgehead atoms. The first-order chi connectivity index (χ1) is 15.7. The zero-order valence-electron chi connectivity index (χ0n) is 18.3. The number of hydrogen-bond donors (Lipinski definition) is 1. The lowest BCUT2D eigenvalue weighted by Gasteiger charge is -2.27. The molecule has 9 nitrogen and oxygen atoms in total. The number of nitrogens with one attached hydrogen (secondary N) is 1. The summed E-state index contributed by atoms with van der Waals surface area (Å²) < 4.78 is 7.50. The Hall–Kier alpha value is -3.59. The average molecular weight is 431 g/mol. The number of pyridine rings is 2. The van der Waals surface area contributed by atoms with E-state index in [2.05, 4.69) is 43.6 Å². The summed E-state index contributed by atoms with van der Waals surface area (Å²) in [5, 5.41) is 3.42. The van der Waals surface area contributed by atoms with Gasteiger partial charge in [0.1, 0.15) is 11.3 Å². The fourth-order valence-corrected chi connectivity index (χ4v) is 3.73. The van der Waals surface area contributed by atoms with Crippen LogP contribution in [0.4, 0.5) is 11.6 Å². The van der Waals surface area contributed by atoms with E-state index >= 15 is 0 Å². The van der Waals surface area contributed by atoms with E-state index in [0.717, 1.165) is 54.4 Å². The zero-order chi connectivity index (χ0) is 21.9. The van der Waals surface area contributed by atoms with Crippen molar-refractivity contribution < 1.29 is 4.74 Å². The molecule has 164 valence electrons. The predicted octanol–water partition coefficient (Wildman–Crippen LogP) is 3.31. The summed E-state index contributed by atoms with van der Waals surface area (Å²) in [6.45, 7) is 8.00. The van der Waals surface area contributed by atoms with Gasteiger partial charge in [-0.15, -0.1) is 0 Å². The highest BCUT2D eigenvalue weighted by molar-refractivity contribution is 5.85. The fraction of sp³-hybridized carbons (Fsp3) is 0.348. The lowest BCUT2D eigenvalue weighted by atomic mass is 10.2. The SMILES string of the molecule is CC(C)n1cnc2c(NCc3cccnc3)nc(-c3ccc(N4CCOCC4)nc3)nc21. The first kappa shape index (κ1) is 20.3. The lowest BCUT2D eigenvalue weighted by molar-refractivity contribution is 0.122. The molecule has 0 unspecified atom stereocenters. The van der Waals surface area contributed by atoms with Crippen molar-refractivity contribution in [1.29, 1.82) is 0 Å². The minimum atomic E-state index is 0.232. The van der Waals surface area contributed by atoms with Gasteiger partial charge >= 0.3 is 0 Å². The van der Waals surface area contributed by atoms with Crippen molar-refractivity contribution in [2.45, 2.75) is 26.4 Å². The van der Waals surface area contributed by atoms with Gasteiger partial charge in [-0.1, -0.05) is 6.07 Å². The molecule has 0 spiro atoms. The molecule has 1 fully saturated rings. The fourth-order valence-electron chi connectivity index (χ4n) is 3.73. The monoisotopic (exact) mass is 430 g/mol. The molecule has 5 rings (SSSR count). The summed E-state index contributed by atoms with van der Waals surface area (Å²) in [7, 11) is 0. The molecular weight excluding hydrogens is 404 g/mol. The van der Waals surface area contributed by atoms with Crippen LogP contribution in [0.5, 0.6) is 0 Å². The molecule has 0 radical (unpaired) electrons. The number of fused-ring (bicyclic) bond motifs is 1. The van der Waals surface area contributed by atoms with Gasteiger partial charge in [0.2, 0.25) is 0 Å². The van der Waals surface area contributed by atoms with Gasteiger partial charge in [0, 0.05) is 49.8 Å². The molecule has 32 heavy (non-hydrogen) atoms. The molecule has 4 aromatic heterocycles. The molecule has 4 aromatic rings. The number of imidazole rings is 1. The molecule has 1 aliphatic heterocycles. The van der Waals surface area contributed by atoms with Crippen LogP contribution in [0, 0.1) is 0 Å². The van der Waals surface area contributed by atoms with Gasteiger partial charge in [-0.25, -0.2) is 19.9 Å². The minimum Gasteiger partial charge on any atom is -0.378 e. The number of anilines is 2. The molecule has 0 saturated carbocycles. The Kier molecular flexibility index (Phi) is 5.64. The highest BCUT2D eigenvalue weighted by atomic mass is 16.5. The number of nitrogens with zero attached hydrogens (tertiary/aromatic N) is 7. The Morgan fingerprint density at radius 2 is 1.94 bits per heavy atom. The Morgan fingerprint density at radius 3 is 2.66 bits per heavy atom. The average Bonchev–Trinajstić information content (AvgIpc) is 3.28. The van der Waals surface area contributed by atoms with Crippen LogP contribution in [0.3, 0.4) is 0 Å². The van der Waals surface area contributed by atoms with E-state index in [4.69, 9.17) is 14.7 Å². The van der Waals surface area contributed by atoms with Crippen LogP contribution >= 0.6 is 0 Å². The molecule has 0 aromatic carbocycles. The van der Waals surface area contributed by atoms with Gasteiger partial charge in [0.15, 0.2) is 17.3 Å². The molecule has 5 heterocycles. The van der Waals surface area contributed by atoms with Crippen molar-refractivity contribution in [3.8, 4) is 11.4 Å². The van der Waals surface area contributed by atoms with Crippen molar-refractivity contribution in [3.63, 3.8) is 0 Å². The molecule has 9 heteroatoms. The van der Waals surface area contributed by atoms with Gasteiger partial charge in [-0.3, -0.25) is 4.98 Å². The van der Waals surface area contributed by atoms with E-state index in [1.807, 2.05) is 43.0 Å². The standard InChI is InChI=1S/C23H26N8O/c1-16(2)31-15-27-20-22(26-13-17-4-3-7-24-12-17)28-21(29-23(20)31)18-5-6-19(25-14-18)30-8-10-32-11-9-30/h3-7,12,14-16H,8-11,13H2,1-2H3,(H,26,28,29). The van der Waals surface area contributed by atoms with Crippen LogP contribution in [0.15, 0.2) is 49.2 Å². The Morgan fingerprint density at radius 1 is 1.06 bits per heavy atom. The van der Waals surface area contributed by atoms with E-state index in [9.17, 15) is 0 Å². The van der Waals surface area contributed by atoms with E-state index in [1.54, 1.807) is 6.20 Å². The lowest BCUT2D eigenvalue weighted by Crippen LogP contribution is -2.36. The highest BCUT2D eigenvalue weighted by Crippen LogP contribution is 2.27. The summed E-state index contributed by atoms with van der Waals surface area (Å²) in [6, 6.07) is 8.24. The van der Waals surface area contributed by atoms with Gasteiger partial charge in [0.05, 0.1) is 19.5 Å². The summed E-state index contributed by atoms with van der Waals surface area (Å²) in [5.41, 5.74) is 3.49. The van der Waals surface area contributed by atoms with Crippen LogP contribution in [0.1, 0.15) is 25.5 Å². The Bertz CT molecular complexity index is 1180. The number of aromatic nitrogens is 6. The molecular formula is C23H26N8O. The second kappa shape index (κ2) is 8.88. The first-order valence-electron chi connectivity index (χ1n) is 10.9. The third kappa shape index (κ3) is 4.11. The second-order valence-electron chi connectivity index (χ2n) is 8.03. The van der Waals surface area contributed by atoms with E-state index in [0.29, 0.717) is 18.2 Å². The van der Waals surface area contributed by atoms with E-state index in [1.165, 1.54) is 0 Å². The van der Waals surface area contributed by atoms with Crippen LogP contribution in [0.2, 0.25) is 0 Å². The van der Waals surface area contributed by atoms with Crippen LogP contribution in [-0.4, -0.2) is 55.8 Å². The van der Waals surface area contributed by atoms with Crippen LogP contribution in [0.25, 0.3) is 22.6 Å². The highest BCUT2D eigenvalue weighted by Gasteiger charge is 2.17. The molecule has 1 N–H and O–H groups in total. The number of rotatable bonds is 6. The van der Waals surface area contributed by atoms with Gasteiger partial charge < -0.3 is 19.5 Å². The first-order valence-corrected chi connectivity index (χ1v) is 10.9. The van der Waals surface area contributed by atoms with Crippen molar-refractivity contribution in [3.05, 3.63) is 54.7 Å². The molecule has 0 amide bonds. The van der Waals surface area contributed by atoms with E-state index in [-0.39, 0.29) is 6.04 Å². The van der Waals surface area contributed by atoms with Gasteiger partial charge in [-0.05, 0) is 37.6 Å². The summed E-state index contributed by atoms with van der Waals surface area (Å²) >= 11 is 0. The molecule has 1 saturated heterocycles. The normalized spacial score (nSPS) is 14.3. The van der Waals surface area contributed by atoms with Crippen molar-refractivity contribution in [2.24, 2.45) is 0 Å². The van der Waals surface area contributed by atoms with Crippen molar-refractivity contribution in [2.75, 3.05) is 36.5 Å². The summed E-state index contributed by atoms with van der Waals surface area (Å²) in [4.78, 5) is 25.3. The number of morpholine rings is 1. The third-order valence-corrected chi connectivity index (χ3v) is 5.50. The maximum Gasteiger partial charge on any atom is 0.166 e. The molecule has 1 aliphatic rings. The summed E-state index contributed by atoms with van der Waals surface area (Å²) in [5.74, 6) is 2.26. The maximum absolute atomic E-state index is 5.44. The summed E-state index contributed by atoms with van der Waals surface area (Å²) in [6.07, 6.45) is 7.27. The van der Waals surface area contributed by atoms with Crippen LogP contribution < -0.4 is 10.2 Å². The topological polar surface area (TPSA) is 93.9 Å². The van der Waals surface area contributed by atoms with Gasteiger partial charge in [0.25, 0.3) is 0 Å². The van der Waals surface area contributed by atoms with Crippen molar-refractivity contribution >= 4 is 22.8 Å².